The highest BCUT2D eigenvalue weighted by Crippen LogP contribution is 2.31. The van der Waals surface area contributed by atoms with E-state index in [0.29, 0.717) is 95.3 Å². The van der Waals surface area contributed by atoms with Crippen molar-refractivity contribution >= 4 is 35.8 Å². The molecular weight excluding hydrogens is 929 g/mol. The highest BCUT2D eigenvalue weighted by atomic mass is 16.6. The van der Waals surface area contributed by atoms with Crippen LogP contribution in [0.3, 0.4) is 0 Å². The summed E-state index contributed by atoms with van der Waals surface area (Å²) in [5.74, 6) is -1.68. The summed E-state index contributed by atoms with van der Waals surface area (Å²) < 4.78 is 55.5. The number of carbonyl (C=O) groups excluding carboxylic acids is 6. The lowest BCUT2D eigenvalue weighted by molar-refractivity contribution is -0.148. The first kappa shape index (κ1) is 56.8. The molecule has 4 rings (SSSR count). The SMILES string of the molecule is C=CC(=O)OCCCCOCC(COc1ccc(C(=O)Oc2ccc(-c3ccc(OC(=O)c4ccc(OCC(COCCCCOC(=O)C=C)OC(=O)C=C)c(C)c4)c(C)c3)cc2C)cc1C)OC(=O)C=C. The average Bonchev–Trinajstić information content (AvgIpc) is 3.37. The Balaban J connectivity index is 1.29. The van der Waals surface area contributed by atoms with Crippen LogP contribution in [0.15, 0.2) is 123 Å². The molecule has 0 saturated carbocycles. The second kappa shape index (κ2) is 30.0. The summed E-state index contributed by atoms with van der Waals surface area (Å²) in [4.78, 5) is 72.9. The van der Waals surface area contributed by atoms with Crippen molar-refractivity contribution in [2.75, 3.05) is 52.9 Å². The monoisotopic (exact) mass is 990 g/mol. The molecule has 4 aromatic carbocycles. The first-order valence-electron chi connectivity index (χ1n) is 23.2. The third kappa shape index (κ3) is 19.2. The molecule has 72 heavy (non-hydrogen) atoms. The number of esters is 6. The molecule has 0 aliphatic rings. The molecule has 0 aliphatic carbocycles. The molecule has 0 heterocycles. The molecule has 2 atom stereocenters. The number of rotatable bonds is 31. The minimum Gasteiger partial charge on any atom is -0.489 e. The van der Waals surface area contributed by atoms with E-state index in [9.17, 15) is 28.8 Å². The van der Waals surface area contributed by atoms with E-state index in [0.717, 1.165) is 35.4 Å². The Kier molecular flexibility index (Phi) is 23.7. The fourth-order valence-corrected chi connectivity index (χ4v) is 6.61. The lowest BCUT2D eigenvalue weighted by atomic mass is 10.0. The summed E-state index contributed by atoms with van der Waals surface area (Å²) >= 11 is 0. The highest BCUT2D eigenvalue weighted by Gasteiger charge is 2.20. The van der Waals surface area contributed by atoms with Crippen molar-refractivity contribution < 1.29 is 76.1 Å². The van der Waals surface area contributed by atoms with Gasteiger partial charge in [-0.1, -0.05) is 38.4 Å². The topological polar surface area (TPSA) is 195 Å². The van der Waals surface area contributed by atoms with Gasteiger partial charge in [-0.25, -0.2) is 28.8 Å². The van der Waals surface area contributed by atoms with Crippen molar-refractivity contribution in [1.82, 2.24) is 0 Å². The van der Waals surface area contributed by atoms with E-state index in [2.05, 4.69) is 26.3 Å². The van der Waals surface area contributed by atoms with Crippen LogP contribution in [0, 0.1) is 27.7 Å². The number of aryl methyl sites for hydroxylation is 4. The molecule has 0 spiro atoms. The van der Waals surface area contributed by atoms with Crippen LogP contribution in [0.25, 0.3) is 11.1 Å². The maximum atomic E-state index is 13.3. The molecule has 0 radical (unpaired) electrons. The van der Waals surface area contributed by atoms with Crippen molar-refractivity contribution in [3.05, 3.63) is 157 Å². The Hall–Kier alpha value is -7.82. The summed E-state index contributed by atoms with van der Waals surface area (Å²) in [5, 5.41) is 0. The van der Waals surface area contributed by atoms with Crippen LogP contribution in [-0.4, -0.2) is 101 Å². The van der Waals surface area contributed by atoms with Crippen LogP contribution in [0.5, 0.6) is 23.0 Å². The zero-order valence-electron chi connectivity index (χ0n) is 41.2. The van der Waals surface area contributed by atoms with Gasteiger partial charge in [0.2, 0.25) is 0 Å². The second-order valence-corrected chi connectivity index (χ2v) is 16.2. The molecule has 0 N–H and O–H groups in total. The molecule has 0 fully saturated rings. The lowest BCUT2D eigenvalue weighted by Gasteiger charge is -2.19. The van der Waals surface area contributed by atoms with Gasteiger partial charge >= 0.3 is 35.8 Å². The van der Waals surface area contributed by atoms with Crippen LogP contribution in [0.1, 0.15) is 68.7 Å². The largest absolute Gasteiger partial charge is 0.489 e. The molecular formula is C56H62O16. The van der Waals surface area contributed by atoms with Gasteiger partial charge in [-0.15, -0.1) is 0 Å². The average molecular weight is 991 g/mol. The normalized spacial score (nSPS) is 11.4. The highest BCUT2D eigenvalue weighted by molar-refractivity contribution is 5.92. The van der Waals surface area contributed by atoms with E-state index in [-0.39, 0.29) is 39.6 Å². The van der Waals surface area contributed by atoms with Crippen LogP contribution in [0.2, 0.25) is 0 Å². The molecule has 0 aliphatic heterocycles. The number of hydrogen-bond acceptors (Lipinski definition) is 16. The Morgan fingerprint density at radius 2 is 0.778 bits per heavy atom. The van der Waals surface area contributed by atoms with E-state index in [4.69, 9.17) is 47.4 Å². The Bertz CT molecular complexity index is 2380. The standard InChI is InChI=1S/C56H62O16/c1-9-51(57)65-27-15-13-25-63-33-45(69-53(59)11-3)35-67-47-21-19-43(31-37(47)5)55(61)71-49-23-17-41(29-39(49)7)42-18-24-50(40(8)30-42)72-56(62)44-20-22-48(38(6)32-44)68-36-46(70-54(60)12-4)34-64-26-14-16-28-66-52(58)10-2/h9-12,17-24,29-32,45-46H,1-4,13-16,25-28,33-36H2,5-8H3. The van der Waals surface area contributed by atoms with Crippen LogP contribution >= 0.6 is 0 Å². The van der Waals surface area contributed by atoms with Gasteiger partial charge in [0.1, 0.15) is 36.2 Å². The molecule has 4 aromatic rings. The van der Waals surface area contributed by atoms with Crippen molar-refractivity contribution in [3.8, 4) is 34.1 Å². The number of unbranched alkanes of at least 4 members (excludes halogenated alkanes) is 2. The molecule has 16 heteroatoms. The molecule has 2 unspecified atom stereocenters. The number of benzene rings is 4. The van der Waals surface area contributed by atoms with E-state index in [1.807, 2.05) is 38.1 Å². The molecule has 0 aromatic heterocycles. The van der Waals surface area contributed by atoms with Gasteiger partial charge in [0.15, 0.2) is 12.2 Å². The van der Waals surface area contributed by atoms with Gasteiger partial charge in [-0.3, -0.25) is 0 Å². The third-order valence-corrected chi connectivity index (χ3v) is 10.5. The smallest absolute Gasteiger partial charge is 0.343 e. The molecule has 0 bridgehead atoms. The fourth-order valence-electron chi connectivity index (χ4n) is 6.61. The molecule has 0 saturated heterocycles. The van der Waals surface area contributed by atoms with Crippen LogP contribution < -0.4 is 18.9 Å². The van der Waals surface area contributed by atoms with Gasteiger partial charge in [0, 0.05) is 37.5 Å². The van der Waals surface area contributed by atoms with E-state index >= 15 is 0 Å². The summed E-state index contributed by atoms with van der Waals surface area (Å²) in [6.07, 6.45) is 5.24. The zero-order valence-corrected chi connectivity index (χ0v) is 41.2. The summed E-state index contributed by atoms with van der Waals surface area (Å²) in [7, 11) is 0. The third-order valence-electron chi connectivity index (χ3n) is 10.5. The minimum atomic E-state index is -0.739. The number of hydrogen-bond donors (Lipinski definition) is 0. The van der Waals surface area contributed by atoms with Crippen molar-refractivity contribution in [2.24, 2.45) is 0 Å². The van der Waals surface area contributed by atoms with E-state index in [1.54, 1.807) is 62.4 Å². The predicted molar refractivity (Wildman–Crippen MR) is 267 cm³/mol. The Morgan fingerprint density at radius 3 is 1.12 bits per heavy atom. The van der Waals surface area contributed by atoms with Gasteiger partial charge in [-0.2, -0.15) is 0 Å². The number of carbonyl (C=O) groups is 6. The molecule has 0 amide bonds. The van der Waals surface area contributed by atoms with E-state index < -0.39 is 48.0 Å². The number of ether oxygens (including phenoxy) is 10. The second-order valence-electron chi connectivity index (χ2n) is 16.2. The van der Waals surface area contributed by atoms with Gasteiger partial charge in [0.25, 0.3) is 0 Å². The van der Waals surface area contributed by atoms with Gasteiger partial charge in [-0.05, 0) is 147 Å². The Labute approximate surface area is 420 Å². The Morgan fingerprint density at radius 1 is 0.431 bits per heavy atom. The zero-order chi connectivity index (χ0) is 52.4. The summed E-state index contributed by atoms with van der Waals surface area (Å²) in [6.45, 7) is 22.1. The minimum absolute atomic E-state index is 0.0193. The first-order valence-corrected chi connectivity index (χ1v) is 23.2. The van der Waals surface area contributed by atoms with Crippen molar-refractivity contribution in [3.63, 3.8) is 0 Å². The van der Waals surface area contributed by atoms with Crippen molar-refractivity contribution in [2.45, 2.75) is 65.6 Å². The predicted octanol–water partition coefficient (Wildman–Crippen LogP) is 9.03. The van der Waals surface area contributed by atoms with Gasteiger partial charge < -0.3 is 47.4 Å². The van der Waals surface area contributed by atoms with Gasteiger partial charge in [0.05, 0.1) is 37.6 Å². The van der Waals surface area contributed by atoms with Crippen LogP contribution in [0.4, 0.5) is 0 Å². The summed E-state index contributed by atoms with van der Waals surface area (Å²) in [6, 6.07) is 20.6. The lowest BCUT2D eigenvalue weighted by Crippen LogP contribution is -2.29. The fraction of sp³-hybridized carbons (Fsp3) is 0.321. The van der Waals surface area contributed by atoms with Crippen molar-refractivity contribution in [1.29, 1.82) is 0 Å². The summed E-state index contributed by atoms with van der Waals surface area (Å²) in [5.41, 5.74) is 5.03. The molecule has 16 nitrogen and oxygen atoms in total. The maximum Gasteiger partial charge on any atom is 0.343 e. The molecule has 382 valence electrons. The quantitative estimate of drug-likeness (QED) is 0.0152. The van der Waals surface area contributed by atoms with Crippen LogP contribution in [-0.2, 0) is 47.6 Å². The first-order chi connectivity index (χ1) is 34.6. The van der Waals surface area contributed by atoms with E-state index in [1.165, 1.54) is 0 Å². The maximum absolute atomic E-state index is 13.3.